The molecule has 6 nitrogen and oxygen atoms in total. The average Bonchev–Trinajstić information content (AvgIpc) is 3.18. The quantitative estimate of drug-likeness (QED) is 0.621. The van der Waals surface area contributed by atoms with Crippen LogP contribution in [-0.4, -0.2) is 38.4 Å². The van der Waals surface area contributed by atoms with E-state index >= 15 is 0 Å². The van der Waals surface area contributed by atoms with E-state index in [1.54, 1.807) is 11.9 Å². The fourth-order valence-electron chi connectivity index (χ4n) is 2.66. The van der Waals surface area contributed by atoms with Crippen molar-refractivity contribution in [2.75, 3.05) is 12.8 Å². The third-order valence-corrected chi connectivity index (χ3v) is 5.00. The summed E-state index contributed by atoms with van der Waals surface area (Å²) in [6, 6.07) is 11.9. The second-order valence-corrected chi connectivity index (χ2v) is 7.15. The highest BCUT2D eigenvalue weighted by Crippen LogP contribution is 2.24. The van der Waals surface area contributed by atoms with Gasteiger partial charge in [0.1, 0.15) is 17.3 Å². The predicted molar refractivity (Wildman–Crippen MR) is 101 cm³/mol. The van der Waals surface area contributed by atoms with Gasteiger partial charge in [-0.05, 0) is 44.5 Å². The number of nitrogens with zero attached hydrogens (tertiary/aromatic N) is 4. The fourth-order valence-corrected chi connectivity index (χ4v) is 3.59. The van der Waals surface area contributed by atoms with Crippen LogP contribution < -0.4 is 0 Å². The lowest BCUT2D eigenvalue weighted by molar-refractivity contribution is -0.127. The number of thioether (sulfide) groups is 1. The van der Waals surface area contributed by atoms with Crippen molar-refractivity contribution in [3.63, 3.8) is 0 Å². The van der Waals surface area contributed by atoms with Crippen LogP contribution in [-0.2, 0) is 11.3 Å². The molecule has 26 heavy (non-hydrogen) atoms. The van der Waals surface area contributed by atoms with Crippen LogP contribution >= 0.6 is 11.8 Å². The van der Waals surface area contributed by atoms with Crippen LogP contribution in [0.1, 0.15) is 22.9 Å². The van der Waals surface area contributed by atoms with Crippen molar-refractivity contribution in [3.05, 3.63) is 59.3 Å². The van der Waals surface area contributed by atoms with Gasteiger partial charge in [0.05, 0.1) is 18.0 Å². The third kappa shape index (κ3) is 3.99. The van der Waals surface area contributed by atoms with Crippen LogP contribution in [0.3, 0.4) is 0 Å². The minimum atomic E-state index is 0.0149. The van der Waals surface area contributed by atoms with Crippen LogP contribution in [0.4, 0.5) is 0 Å². The van der Waals surface area contributed by atoms with E-state index in [9.17, 15) is 4.79 Å². The first-order valence-corrected chi connectivity index (χ1v) is 9.34. The highest BCUT2D eigenvalue weighted by molar-refractivity contribution is 7.99. The molecule has 0 bridgehead atoms. The number of benzene rings is 1. The standard InChI is InChI=1S/C19H22N4O2S/c1-13-7-5-6-8-17(13)23-15(3)20-21-19(23)26-12-18(24)22(4)11-16-10-9-14(2)25-16/h5-10H,11-12H2,1-4H3. The Morgan fingerprint density at radius 3 is 2.62 bits per heavy atom. The predicted octanol–water partition coefficient (Wildman–Crippen LogP) is 3.54. The van der Waals surface area contributed by atoms with Crippen LogP contribution in [0.25, 0.3) is 5.69 Å². The lowest BCUT2D eigenvalue weighted by Gasteiger charge is -2.16. The highest BCUT2D eigenvalue weighted by atomic mass is 32.2. The number of carbonyl (C=O) groups excluding carboxylic acids is 1. The molecule has 0 saturated heterocycles. The molecule has 7 heteroatoms. The second kappa shape index (κ2) is 7.78. The van der Waals surface area contributed by atoms with E-state index in [4.69, 9.17) is 4.42 Å². The molecule has 2 heterocycles. The molecule has 0 fully saturated rings. The number of carbonyl (C=O) groups is 1. The number of furan rings is 1. The van der Waals surface area contributed by atoms with Gasteiger partial charge in [-0.15, -0.1) is 10.2 Å². The molecule has 0 unspecified atom stereocenters. The number of para-hydroxylation sites is 1. The Morgan fingerprint density at radius 2 is 1.92 bits per heavy atom. The first-order chi connectivity index (χ1) is 12.5. The molecule has 2 aromatic heterocycles. The summed E-state index contributed by atoms with van der Waals surface area (Å²) >= 11 is 1.39. The van der Waals surface area contributed by atoms with E-state index in [0.29, 0.717) is 17.5 Å². The number of aryl methyl sites for hydroxylation is 3. The molecule has 3 aromatic rings. The molecule has 0 aliphatic rings. The minimum Gasteiger partial charge on any atom is -0.464 e. The largest absolute Gasteiger partial charge is 0.464 e. The van der Waals surface area contributed by atoms with Gasteiger partial charge >= 0.3 is 0 Å². The lowest BCUT2D eigenvalue weighted by Crippen LogP contribution is -2.27. The maximum absolute atomic E-state index is 12.5. The van der Waals surface area contributed by atoms with Gasteiger partial charge in [0.25, 0.3) is 0 Å². The van der Waals surface area contributed by atoms with E-state index < -0.39 is 0 Å². The zero-order valence-corrected chi connectivity index (χ0v) is 16.2. The number of rotatable bonds is 6. The number of aromatic nitrogens is 3. The van der Waals surface area contributed by atoms with Gasteiger partial charge in [0, 0.05) is 7.05 Å². The highest BCUT2D eigenvalue weighted by Gasteiger charge is 2.17. The van der Waals surface area contributed by atoms with Crippen molar-refractivity contribution in [2.24, 2.45) is 0 Å². The smallest absolute Gasteiger partial charge is 0.233 e. The van der Waals surface area contributed by atoms with Crippen molar-refractivity contribution in [1.29, 1.82) is 0 Å². The molecule has 0 aliphatic heterocycles. The maximum atomic E-state index is 12.5. The van der Waals surface area contributed by atoms with E-state index in [-0.39, 0.29) is 5.91 Å². The molecule has 0 radical (unpaired) electrons. The Morgan fingerprint density at radius 1 is 1.15 bits per heavy atom. The number of hydrogen-bond donors (Lipinski definition) is 0. The first kappa shape index (κ1) is 18.3. The molecule has 1 amide bonds. The molecule has 0 N–H and O–H groups in total. The van der Waals surface area contributed by atoms with Crippen molar-refractivity contribution >= 4 is 17.7 Å². The minimum absolute atomic E-state index is 0.0149. The maximum Gasteiger partial charge on any atom is 0.233 e. The van der Waals surface area contributed by atoms with Gasteiger partial charge in [0.2, 0.25) is 5.91 Å². The van der Waals surface area contributed by atoms with E-state index in [1.807, 2.05) is 61.7 Å². The normalized spacial score (nSPS) is 10.9. The zero-order valence-electron chi connectivity index (χ0n) is 15.4. The van der Waals surface area contributed by atoms with Crippen LogP contribution in [0.2, 0.25) is 0 Å². The fraction of sp³-hybridized carbons (Fsp3) is 0.316. The second-order valence-electron chi connectivity index (χ2n) is 6.20. The Hall–Kier alpha value is -2.54. The number of hydrogen-bond acceptors (Lipinski definition) is 5. The summed E-state index contributed by atoms with van der Waals surface area (Å²) < 4.78 is 7.52. The van der Waals surface area contributed by atoms with Crippen LogP contribution in [0.5, 0.6) is 0 Å². The van der Waals surface area contributed by atoms with E-state index in [0.717, 1.165) is 28.6 Å². The van der Waals surface area contributed by atoms with Gasteiger partial charge in [-0.1, -0.05) is 30.0 Å². The zero-order chi connectivity index (χ0) is 18.7. The molecule has 136 valence electrons. The van der Waals surface area contributed by atoms with Crippen molar-refractivity contribution in [1.82, 2.24) is 19.7 Å². The molecule has 0 spiro atoms. The average molecular weight is 370 g/mol. The summed E-state index contributed by atoms with van der Waals surface area (Å²) in [6.07, 6.45) is 0. The van der Waals surface area contributed by atoms with Crippen molar-refractivity contribution < 1.29 is 9.21 Å². The van der Waals surface area contributed by atoms with Crippen LogP contribution in [0, 0.1) is 20.8 Å². The molecular weight excluding hydrogens is 348 g/mol. The van der Waals surface area contributed by atoms with Crippen molar-refractivity contribution in [2.45, 2.75) is 32.5 Å². The van der Waals surface area contributed by atoms with E-state index in [1.165, 1.54) is 11.8 Å². The Labute approximate surface area is 157 Å². The van der Waals surface area contributed by atoms with Gasteiger partial charge in [-0.25, -0.2) is 0 Å². The number of amides is 1. The summed E-state index contributed by atoms with van der Waals surface area (Å²) in [4.78, 5) is 14.1. The van der Waals surface area contributed by atoms with Gasteiger partial charge in [-0.3, -0.25) is 9.36 Å². The summed E-state index contributed by atoms with van der Waals surface area (Å²) in [5, 5.41) is 9.13. The first-order valence-electron chi connectivity index (χ1n) is 8.36. The van der Waals surface area contributed by atoms with Gasteiger partial charge in [0.15, 0.2) is 5.16 Å². The van der Waals surface area contributed by atoms with Gasteiger partial charge in [-0.2, -0.15) is 0 Å². The molecule has 3 rings (SSSR count). The molecule has 0 aliphatic carbocycles. The van der Waals surface area contributed by atoms with E-state index in [2.05, 4.69) is 10.2 Å². The summed E-state index contributed by atoms with van der Waals surface area (Å²) in [7, 11) is 1.78. The van der Waals surface area contributed by atoms with Crippen molar-refractivity contribution in [3.8, 4) is 5.69 Å². The van der Waals surface area contributed by atoms with Gasteiger partial charge < -0.3 is 9.32 Å². The molecule has 0 saturated carbocycles. The monoisotopic (exact) mass is 370 g/mol. The third-order valence-electron chi connectivity index (χ3n) is 4.09. The lowest BCUT2D eigenvalue weighted by atomic mass is 10.2. The Balaban J connectivity index is 1.68. The molecule has 0 atom stereocenters. The Kier molecular flexibility index (Phi) is 5.46. The SMILES string of the molecule is Cc1ccc(CN(C)C(=O)CSc2nnc(C)n2-c2ccccc2C)o1. The van der Waals surface area contributed by atoms with Crippen LogP contribution in [0.15, 0.2) is 46.0 Å². The topological polar surface area (TPSA) is 64.2 Å². The molecule has 1 aromatic carbocycles. The summed E-state index contributed by atoms with van der Waals surface area (Å²) in [5.74, 6) is 2.73. The Bertz CT molecular complexity index is 916. The summed E-state index contributed by atoms with van der Waals surface area (Å²) in [6.45, 7) is 6.31. The molecular formula is C19H22N4O2S. The summed E-state index contributed by atoms with van der Waals surface area (Å²) in [5.41, 5.74) is 2.17.